The molecule has 0 saturated carbocycles. The van der Waals surface area contributed by atoms with Crippen LogP contribution in [0.1, 0.15) is 30.6 Å². The van der Waals surface area contributed by atoms with Crippen molar-refractivity contribution in [1.82, 2.24) is 15.1 Å². The summed E-state index contributed by atoms with van der Waals surface area (Å²) in [5.74, 6) is -0.156. The lowest BCUT2D eigenvalue weighted by molar-refractivity contribution is 0.0923. The van der Waals surface area contributed by atoms with Gasteiger partial charge in [-0.2, -0.15) is 5.10 Å². The van der Waals surface area contributed by atoms with Gasteiger partial charge in [0.05, 0.1) is 17.9 Å². The van der Waals surface area contributed by atoms with Gasteiger partial charge < -0.3 is 10.4 Å². The van der Waals surface area contributed by atoms with E-state index in [0.717, 1.165) is 0 Å². The molecule has 0 fully saturated rings. The second-order valence-corrected chi connectivity index (χ2v) is 3.86. The van der Waals surface area contributed by atoms with E-state index in [2.05, 4.69) is 10.4 Å². The Kier molecular flexibility index (Phi) is 3.85. The van der Waals surface area contributed by atoms with Crippen molar-refractivity contribution < 1.29 is 9.90 Å². The van der Waals surface area contributed by atoms with Gasteiger partial charge in [0.2, 0.25) is 0 Å². The number of nitrogens with one attached hydrogen (secondary N) is 1. The topological polar surface area (TPSA) is 67.2 Å². The highest BCUT2D eigenvalue weighted by Gasteiger charge is 2.12. The van der Waals surface area contributed by atoms with Crippen LogP contribution in [0.15, 0.2) is 12.4 Å². The minimum Gasteiger partial charge on any atom is -0.393 e. The van der Waals surface area contributed by atoms with Crippen molar-refractivity contribution in [2.45, 2.75) is 32.4 Å². The van der Waals surface area contributed by atoms with E-state index in [4.69, 9.17) is 5.11 Å². The molecule has 1 aromatic heterocycles. The van der Waals surface area contributed by atoms with Crippen LogP contribution in [0.2, 0.25) is 0 Å². The molecule has 1 amide bonds. The van der Waals surface area contributed by atoms with Crippen molar-refractivity contribution in [2.24, 2.45) is 7.05 Å². The molecule has 2 unspecified atom stereocenters. The fraction of sp³-hybridized carbons (Fsp3) is 0.600. The first-order valence-corrected chi connectivity index (χ1v) is 4.96. The smallest absolute Gasteiger partial charge is 0.254 e. The van der Waals surface area contributed by atoms with Gasteiger partial charge in [-0.15, -0.1) is 0 Å². The second-order valence-electron chi connectivity index (χ2n) is 3.86. The molecule has 0 bridgehead atoms. The Balaban J connectivity index is 2.49. The highest BCUT2D eigenvalue weighted by atomic mass is 16.3. The van der Waals surface area contributed by atoms with Gasteiger partial charge in [-0.05, 0) is 20.3 Å². The molecular formula is C10H17N3O2. The average Bonchev–Trinajstić information content (AvgIpc) is 2.49. The number of rotatable bonds is 4. The summed E-state index contributed by atoms with van der Waals surface area (Å²) in [6.07, 6.45) is 3.31. The van der Waals surface area contributed by atoms with Crippen LogP contribution in [-0.4, -0.2) is 32.9 Å². The zero-order valence-corrected chi connectivity index (χ0v) is 9.27. The fourth-order valence-electron chi connectivity index (χ4n) is 1.42. The first kappa shape index (κ1) is 11.7. The fourth-order valence-corrected chi connectivity index (χ4v) is 1.42. The van der Waals surface area contributed by atoms with Crippen molar-refractivity contribution in [2.75, 3.05) is 0 Å². The van der Waals surface area contributed by atoms with E-state index < -0.39 is 6.10 Å². The SMILES string of the molecule is CC(O)CC(C)NC(=O)c1cnn(C)c1. The van der Waals surface area contributed by atoms with E-state index in [1.807, 2.05) is 6.92 Å². The maximum Gasteiger partial charge on any atom is 0.254 e. The third-order valence-electron chi connectivity index (χ3n) is 2.04. The molecule has 0 aliphatic carbocycles. The molecule has 0 aromatic carbocycles. The third kappa shape index (κ3) is 3.71. The molecular weight excluding hydrogens is 194 g/mol. The number of nitrogens with zero attached hydrogens (tertiary/aromatic N) is 2. The van der Waals surface area contributed by atoms with Crippen LogP contribution < -0.4 is 5.32 Å². The van der Waals surface area contributed by atoms with Crippen molar-refractivity contribution in [1.29, 1.82) is 0 Å². The van der Waals surface area contributed by atoms with Gasteiger partial charge in [-0.3, -0.25) is 9.48 Å². The summed E-state index contributed by atoms with van der Waals surface area (Å²) >= 11 is 0. The largest absolute Gasteiger partial charge is 0.393 e. The summed E-state index contributed by atoms with van der Waals surface area (Å²) < 4.78 is 1.58. The molecule has 5 heteroatoms. The molecule has 5 nitrogen and oxygen atoms in total. The van der Waals surface area contributed by atoms with E-state index in [-0.39, 0.29) is 11.9 Å². The lowest BCUT2D eigenvalue weighted by Crippen LogP contribution is -2.34. The van der Waals surface area contributed by atoms with Gasteiger partial charge in [0, 0.05) is 19.3 Å². The number of aliphatic hydroxyl groups is 1. The number of hydrogen-bond donors (Lipinski definition) is 2. The quantitative estimate of drug-likeness (QED) is 0.753. The standard InChI is InChI=1S/C10H17N3O2/c1-7(4-8(2)14)12-10(15)9-5-11-13(3)6-9/h5-8,14H,4H2,1-3H3,(H,12,15). The molecule has 0 aliphatic rings. The van der Waals surface area contributed by atoms with Crippen LogP contribution in [0, 0.1) is 0 Å². The number of amides is 1. The summed E-state index contributed by atoms with van der Waals surface area (Å²) in [6.45, 7) is 3.56. The van der Waals surface area contributed by atoms with Gasteiger partial charge in [0.15, 0.2) is 0 Å². The maximum absolute atomic E-state index is 11.6. The van der Waals surface area contributed by atoms with E-state index in [0.29, 0.717) is 12.0 Å². The van der Waals surface area contributed by atoms with E-state index in [9.17, 15) is 4.79 Å². The van der Waals surface area contributed by atoms with E-state index in [1.54, 1.807) is 24.9 Å². The minimum atomic E-state index is -0.408. The van der Waals surface area contributed by atoms with Gasteiger partial charge in [0.1, 0.15) is 0 Å². The first-order chi connectivity index (χ1) is 6.99. The van der Waals surface area contributed by atoms with Gasteiger partial charge >= 0.3 is 0 Å². The minimum absolute atomic E-state index is 0.0438. The molecule has 2 N–H and O–H groups in total. The van der Waals surface area contributed by atoms with Crippen molar-refractivity contribution in [3.8, 4) is 0 Å². The van der Waals surface area contributed by atoms with Gasteiger partial charge in [-0.25, -0.2) is 0 Å². The molecule has 1 aromatic rings. The lowest BCUT2D eigenvalue weighted by atomic mass is 10.1. The van der Waals surface area contributed by atoms with Crippen LogP contribution >= 0.6 is 0 Å². The second kappa shape index (κ2) is 4.93. The van der Waals surface area contributed by atoms with Gasteiger partial charge in [0.25, 0.3) is 5.91 Å². The number of carbonyl (C=O) groups excluding carboxylic acids is 1. The van der Waals surface area contributed by atoms with Crippen molar-refractivity contribution in [3.05, 3.63) is 18.0 Å². The summed E-state index contributed by atoms with van der Waals surface area (Å²) in [7, 11) is 1.76. The molecule has 0 saturated heterocycles. The molecule has 1 heterocycles. The molecule has 84 valence electrons. The zero-order chi connectivity index (χ0) is 11.4. The van der Waals surface area contributed by atoms with E-state index in [1.165, 1.54) is 6.20 Å². The predicted octanol–water partition coefficient (Wildman–Crippen LogP) is 0.309. The summed E-state index contributed by atoms with van der Waals surface area (Å²) in [5, 5.41) is 15.8. The maximum atomic E-state index is 11.6. The van der Waals surface area contributed by atoms with Crippen LogP contribution in [0.5, 0.6) is 0 Å². The number of carbonyl (C=O) groups is 1. The first-order valence-electron chi connectivity index (χ1n) is 4.96. The zero-order valence-electron chi connectivity index (χ0n) is 9.27. The van der Waals surface area contributed by atoms with Crippen LogP contribution in [0.4, 0.5) is 0 Å². The summed E-state index contributed by atoms with van der Waals surface area (Å²) in [5.41, 5.74) is 0.537. The Hall–Kier alpha value is -1.36. The molecule has 0 aliphatic heterocycles. The number of aliphatic hydroxyl groups excluding tert-OH is 1. The Morgan fingerprint density at radius 2 is 2.33 bits per heavy atom. The molecule has 1 rings (SSSR count). The molecule has 0 spiro atoms. The Morgan fingerprint density at radius 3 is 2.80 bits per heavy atom. The molecule has 15 heavy (non-hydrogen) atoms. The summed E-state index contributed by atoms with van der Waals surface area (Å²) in [6, 6.07) is -0.0438. The number of hydrogen-bond acceptors (Lipinski definition) is 3. The lowest BCUT2D eigenvalue weighted by Gasteiger charge is -2.14. The highest BCUT2D eigenvalue weighted by Crippen LogP contribution is 2.00. The van der Waals surface area contributed by atoms with Crippen molar-refractivity contribution >= 4 is 5.91 Å². The average molecular weight is 211 g/mol. The van der Waals surface area contributed by atoms with E-state index >= 15 is 0 Å². The Labute approximate surface area is 89.1 Å². The summed E-state index contributed by atoms with van der Waals surface area (Å²) in [4.78, 5) is 11.6. The highest BCUT2D eigenvalue weighted by molar-refractivity contribution is 5.93. The third-order valence-corrected chi connectivity index (χ3v) is 2.04. The monoisotopic (exact) mass is 211 g/mol. The Bertz CT molecular complexity index is 333. The molecule has 2 atom stereocenters. The number of aromatic nitrogens is 2. The number of aryl methyl sites for hydroxylation is 1. The van der Waals surface area contributed by atoms with Gasteiger partial charge in [-0.1, -0.05) is 0 Å². The Morgan fingerprint density at radius 1 is 1.67 bits per heavy atom. The normalized spacial score (nSPS) is 14.7. The molecule has 0 radical (unpaired) electrons. The van der Waals surface area contributed by atoms with Crippen molar-refractivity contribution in [3.63, 3.8) is 0 Å². The van der Waals surface area contributed by atoms with Crippen LogP contribution in [0.25, 0.3) is 0 Å². The van der Waals surface area contributed by atoms with Crippen LogP contribution in [-0.2, 0) is 7.05 Å². The van der Waals surface area contributed by atoms with Crippen LogP contribution in [0.3, 0.4) is 0 Å². The predicted molar refractivity (Wildman–Crippen MR) is 56.4 cm³/mol.